The number of aromatic nitrogens is 4. The van der Waals surface area contributed by atoms with Crippen molar-refractivity contribution in [2.24, 2.45) is 5.92 Å². The van der Waals surface area contributed by atoms with Crippen LogP contribution in [0.5, 0.6) is 5.75 Å². The lowest BCUT2D eigenvalue weighted by molar-refractivity contribution is 0.160. The highest BCUT2D eigenvalue weighted by atomic mass is 16.5. The number of nitrogen functional groups attached to an aromatic ring is 1. The lowest BCUT2D eigenvalue weighted by Crippen LogP contribution is -2.47. The third-order valence-corrected chi connectivity index (χ3v) is 7.89. The average molecular weight is 525 g/mol. The minimum absolute atomic E-state index is 0.542. The van der Waals surface area contributed by atoms with Crippen molar-refractivity contribution in [3.8, 4) is 5.75 Å². The van der Waals surface area contributed by atoms with Crippen LogP contribution >= 0.6 is 0 Å². The lowest BCUT2D eigenvalue weighted by Gasteiger charge is -2.35. The Morgan fingerprint density at radius 1 is 0.897 bits per heavy atom. The van der Waals surface area contributed by atoms with Gasteiger partial charge in [-0.25, -0.2) is 15.0 Å². The summed E-state index contributed by atoms with van der Waals surface area (Å²) in [6.45, 7) is 6.24. The van der Waals surface area contributed by atoms with Crippen LogP contribution in [0, 0.1) is 5.92 Å². The summed E-state index contributed by atoms with van der Waals surface area (Å²) in [5.41, 5.74) is 9.40. The Labute approximate surface area is 229 Å². The number of nitrogens with zero attached hydrogens (tertiary/aromatic N) is 7. The van der Waals surface area contributed by atoms with Crippen molar-refractivity contribution in [1.82, 2.24) is 24.8 Å². The highest BCUT2D eigenvalue weighted by Crippen LogP contribution is 2.29. The molecule has 9 nitrogen and oxygen atoms in total. The van der Waals surface area contributed by atoms with Gasteiger partial charge in [0.05, 0.1) is 12.1 Å². The summed E-state index contributed by atoms with van der Waals surface area (Å²) in [5, 5.41) is 1.03. The van der Waals surface area contributed by atoms with Gasteiger partial charge in [0.2, 0.25) is 5.95 Å². The molecule has 2 aliphatic heterocycles. The van der Waals surface area contributed by atoms with Gasteiger partial charge >= 0.3 is 0 Å². The summed E-state index contributed by atoms with van der Waals surface area (Å²) >= 11 is 0. The first-order valence-corrected chi connectivity index (χ1v) is 13.8. The van der Waals surface area contributed by atoms with Gasteiger partial charge in [-0.1, -0.05) is 30.3 Å². The van der Waals surface area contributed by atoms with E-state index in [9.17, 15) is 0 Å². The number of likely N-dealkylation sites (tertiary alicyclic amines) is 1. The molecule has 4 heterocycles. The van der Waals surface area contributed by atoms with E-state index in [2.05, 4.69) is 59.9 Å². The molecule has 2 N–H and O–H groups in total. The Morgan fingerprint density at radius 2 is 1.67 bits per heavy atom. The zero-order valence-electron chi connectivity index (χ0n) is 22.5. The van der Waals surface area contributed by atoms with Gasteiger partial charge in [-0.05, 0) is 62.7 Å². The van der Waals surface area contributed by atoms with Gasteiger partial charge in [0.25, 0.3) is 0 Å². The molecule has 202 valence electrons. The predicted molar refractivity (Wildman–Crippen MR) is 155 cm³/mol. The number of hydrogen-bond donors (Lipinski definition) is 1. The zero-order chi connectivity index (χ0) is 26.6. The summed E-state index contributed by atoms with van der Waals surface area (Å²) in [7, 11) is 2.19. The second-order valence-corrected chi connectivity index (χ2v) is 10.7. The maximum Gasteiger partial charge on any atom is 0.227 e. The van der Waals surface area contributed by atoms with Crippen molar-refractivity contribution >= 4 is 28.5 Å². The molecule has 2 saturated heterocycles. The predicted octanol–water partition coefficient (Wildman–Crippen LogP) is 3.64. The highest BCUT2D eigenvalue weighted by Gasteiger charge is 2.23. The maximum absolute atomic E-state index is 6.33. The van der Waals surface area contributed by atoms with Crippen LogP contribution in [-0.2, 0) is 6.42 Å². The maximum atomic E-state index is 6.33. The van der Waals surface area contributed by atoms with E-state index in [1.54, 1.807) is 6.33 Å². The van der Waals surface area contributed by atoms with Gasteiger partial charge < -0.3 is 25.2 Å². The van der Waals surface area contributed by atoms with E-state index < -0.39 is 0 Å². The van der Waals surface area contributed by atoms with Crippen LogP contribution in [0.2, 0.25) is 0 Å². The molecule has 2 aliphatic rings. The van der Waals surface area contributed by atoms with Crippen LogP contribution < -0.4 is 20.3 Å². The van der Waals surface area contributed by atoms with Gasteiger partial charge in [-0.3, -0.25) is 0 Å². The smallest absolute Gasteiger partial charge is 0.227 e. The largest absolute Gasteiger partial charge is 0.493 e. The van der Waals surface area contributed by atoms with Crippen molar-refractivity contribution in [2.45, 2.75) is 19.3 Å². The van der Waals surface area contributed by atoms with E-state index in [0.29, 0.717) is 17.7 Å². The summed E-state index contributed by atoms with van der Waals surface area (Å²) in [6, 6.07) is 16.4. The topological polar surface area (TPSA) is 96.5 Å². The summed E-state index contributed by atoms with van der Waals surface area (Å²) in [5.74, 6) is 3.67. The lowest BCUT2D eigenvalue weighted by atomic mass is 9.98. The van der Waals surface area contributed by atoms with Crippen molar-refractivity contribution < 1.29 is 4.74 Å². The molecule has 0 amide bonds. The second-order valence-electron chi connectivity index (χ2n) is 10.7. The number of anilines is 3. The van der Waals surface area contributed by atoms with Gasteiger partial charge in [-0.15, -0.1) is 0 Å². The molecule has 0 aliphatic carbocycles. The van der Waals surface area contributed by atoms with Crippen molar-refractivity contribution in [3.05, 3.63) is 72.2 Å². The van der Waals surface area contributed by atoms with Crippen molar-refractivity contribution in [3.63, 3.8) is 0 Å². The zero-order valence-corrected chi connectivity index (χ0v) is 22.5. The van der Waals surface area contributed by atoms with Crippen LogP contribution in [-0.4, -0.2) is 77.8 Å². The van der Waals surface area contributed by atoms with E-state index in [1.165, 1.54) is 18.4 Å². The Morgan fingerprint density at radius 3 is 2.44 bits per heavy atom. The number of piperazine rings is 1. The Balaban J connectivity index is 1.11. The normalized spacial score (nSPS) is 17.1. The SMILES string of the molecule is CN1CCC(COc2ccc3ncnc(N4CCN(c5ncc(Cc6ccccc6)c(N)n5)CC4)c3c2)CC1. The first kappa shape index (κ1) is 25.3. The molecule has 6 rings (SSSR count). The van der Waals surface area contributed by atoms with Crippen LogP contribution in [0.15, 0.2) is 61.1 Å². The van der Waals surface area contributed by atoms with E-state index in [0.717, 1.165) is 80.3 Å². The van der Waals surface area contributed by atoms with Crippen LogP contribution in [0.4, 0.5) is 17.6 Å². The van der Waals surface area contributed by atoms with Gasteiger partial charge in [-0.2, -0.15) is 4.98 Å². The number of nitrogens with two attached hydrogens (primary N) is 1. The third-order valence-electron chi connectivity index (χ3n) is 7.89. The standard InChI is InChI=1S/C30H36N8O/c1-36-11-9-23(10-12-36)20-39-25-7-8-27-26(18-25)29(34-21-33-27)37-13-15-38(16-14-37)30-32-19-24(28(31)35-30)17-22-5-3-2-4-6-22/h2-8,18-19,21,23H,9-17,20H2,1H3,(H2,31,32,35). The molecule has 2 aromatic heterocycles. The first-order valence-electron chi connectivity index (χ1n) is 13.8. The molecule has 0 saturated carbocycles. The molecule has 0 spiro atoms. The summed E-state index contributed by atoms with van der Waals surface area (Å²) < 4.78 is 6.24. The molecule has 2 fully saturated rings. The molecule has 2 aromatic carbocycles. The minimum atomic E-state index is 0.542. The number of benzene rings is 2. The Bertz CT molecular complexity index is 1400. The second kappa shape index (κ2) is 11.4. The van der Waals surface area contributed by atoms with E-state index in [-0.39, 0.29) is 0 Å². The summed E-state index contributed by atoms with van der Waals surface area (Å²) in [6.07, 6.45) is 6.62. The minimum Gasteiger partial charge on any atom is -0.493 e. The van der Waals surface area contributed by atoms with Crippen LogP contribution in [0.25, 0.3) is 10.9 Å². The number of fused-ring (bicyclic) bond motifs is 1. The fourth-order valence-electron chi connectivity index (χ4n) is 5.44. The van der Waals surface area contributed by atoms with Gasteiger partial charge in [0, 0.05) is 49.7 Å². The quantitative estimate of drug-likeness (QED) is 0.389. The molecule has 0 atom stereocenters. The van der Waals surface area contributed by atoms with Crippen LogP contribution in [0.1, 0.15) is 24.0 Å². The number of ether oxygens (including phenoxy) is 1. The van der Waals surface area contributed by atoms with E-state index >= 15 is 0 Å². The van der Waals surface area contributed by atoms with Gasteiger partial charge in [0.1, 0.15) is 23.7 Å². The van der Waals surface area contributed by atoms with Crippen molar-refractivity contribution in [2.75, 3.05) is 68.5 Å². The van der Waals surface area contributed by atoms with E-state index in [4.69, 9.17) is 10.5 Å². The third kappa shape index (κ3) is 5.88. The number of piperidine rings is 1. The highest BCUT2D eigenvalue weighted by molar-refractivity contribution is 5.90. The molecule has 39 heavy (non-hydrogen) atoms. The first-order chi connectivity index (χ1) is 19.1. The summed E-state index contributed by atoms with van der Waals surface area (Å²) in [4.78, 5) is 25.4. The fraction of sp³-hybridized carbons (Fsp3) is 0.400. The average Bonchev–Trinajstić information content (AvgIpc) is 2.98. The Kier molecular flexibility index (Phi) is 7.40. The number of hydrogen-bond acceptors (Lipinski definition) is 9. The molecule has 0 unspecified atom stereocenters. The van der Waals surface area contributed by atoms with Gasteiger partial charge in [0.15, 0.2) is 0 Å². The molecular weight excluding hydrogens is 488 g/mol. The monoisotopic (exact) mass is 524 g/mol. The molecule has 0 radical (unpaired) electrons. The van der Waals surface area contributed by atoms with Crippen LogP contribution in [0.3, 0.4) is 0 Å². The van der Waals surface area contributed by atoms with E-state index in [1.807, 2.05) is 36.5 Å². The molecule has 0 bridgehead atoms. The molecule has 4 aromatic rings. The fourth-order valence-corrected chi connectivity index (χ4v) is 5.44. The van der Waals surface area contributed by atoms with Crippen molar-refractivity contribution in [1.29, 1.82) is 0 Å². The Hall–Kier alpha value is -3.98. The molecular formula is C30H36N8O. The molecule has 9 heteroatoms. The number of rotatable bonds is 7.